The summed E-state index contributed by atoms with van der Waals surface area (Å²) in [5.74, 6) is -0.0106. The SMILES string of the molecule is Cc1ccc(=O)n(CC(=O)N2CCN(CC(=O)N3CCCc4ccccc43)CC2)n1. The van der Waals surface area contributed by atoms with Crippen molar-refractivity contribution in [2.45, 2.75) is 26.3 Å². The third-order valence-corrected chi connectivity index (χ3v) is 5.78. The van der Waals surface area contributed by atoms with Gasteiger partial charge in [0.1, 0.15) is 6.54 Å². The van der Waals surface area contributed by atoms with E-state index in [-0.39, 0.29) is 23.9 Å². The molecule has 0 spiro atoms. The summed E-state index contributed by atoms with van der Waals surface area (Å²) in [5, 5.41) is 4.13. The highest BCUT2D eigenvalue weighted by Gasteiger charge is 2.27. The molecule has 0 N–H and O–H groups in total. The molecule has 1 saturated heterocycles. The Hall–Kier alpha value is -3.00. The second-order valence-electron chi connectivity index (χ2n) is 7.91. The van der Waals surface area contributed by atoms with Crippen LogP contribution in [0.2, 0.25) is 0 Å². The summed E-state index contributed by atoms with van der Waals surface area (Å²) in [4.78, 5) is 43.1. The zero-order chi connectivity index (χ0) is 21.1. The van der Waals surface area contributed by atoms with Crippen LogP contribution in [0.15, 0.2) is 41.2 Å². The van der Waals surface area contributed by atoms with Gasteiger partial charge in [-0.3, -0.25) is 19.3 Å². The summed E-state index contributed by atoms with van der Waals surface area (Å²) in [7, 11) is 0. The molecule has 30 heavy (non-hydrogen) atoms. The topological polar surface area (TPSA) is 78.8 Å². The molecule has 0 unspecified atom stereocenters. The lowest BCUT2D eigenvalue weighted by atomic mass is 10.0. The van der Waals surface area contributed by atoms with Gasteiger partial charge in [-0.15, -0.1) is 0 Å². The molecule has 1 aromatic carbocycles. The van der Waals surface area contributed by atoms with E-state index in [4.69, 9.17) is 0 Å². The zero-order valence-corrected chi connectivity index (χ0v) is 17.3. The van der Waals surface area contributed by atoms with Gasteiger partial charge in [0.2, 0.25) is 11.8 Å². The summed E-state index contributed by atoms with van der Waals surface area (Å²) in [6.45, 7) is 5.22. The smallest absolute Gasteiger partial charge is 0.267 e. The number of anilines is 1. The number of amides is 2. The lowest BCUT2D eigenvalue weighted by molar-refractivity contribution is -0.134. The Morgan fingerprint density at radius 3 is 2.50 bits per heavy atom. The molecule has 2 aromatic rings. The van der Waals surface area contributed by atoms with Crippen molar-refractivity contribution in [1.82, 2.24) is 19.6 Å². The second-order valence-corrected chi connectivity index (χ2v) is 7.91. The van der Waals surface area contributed by atoms with E-state index < -0.39 is 0 Å². The quantitative estimate of drug-likeness (QED) is 0.742. The number of para-hydroxylation sites is 1. The molecule has 1 fully saturated rings. The van der Waals surface area contributed by atoms with E-state index in [9.17, 15) is 14.4 Å². The average molecular weight is 409 g/mol. The number of carbonyl (C=O) groups is 2. The van der Waals surface area contributed by atoms with Gasteiger partial charge in [0.05, 0.1) is 12.2 Å². The van der Waals surface area contributed by atoms with Crippen LogP contribution in [0.25, 0.3) is 0 Å². The van der Waals surface area contributed by atoms with Gasteiger partial charge < -0.3 is 9.80 Å². The number of rotatable bonds is 4. The van der Waals surface area contributed by atoms with Crippen LogP contribution in [0.4, 0.5) is 5.69 Å². The Morgan fingerprint density at radius 2 is 1.70 bits per heavy atom. The van der Waals surface area contributed by atoms with Gasteiger partial charge >= 0.3 is 0 Å². The third kappa shape index (κ3) is 4.43. The molecule has 0 saturated carbocycles. The molecule has 8 heteroatoms. The van der Waals surface area contributed by atoms with Gasteiger partial charge in [-0.1, -0.05) is 18.2 Å². The molecule has 1 aromatic heterocycles. The molecule has 0 aliphatic carbocycles. The van der Waals surface area contributed by atoms with Crippen molar-refractivity contribution in [3.63, 3.8) is 0 Å². The number of hydrogen-bond acceptors (Lipinski definition) is 5. The minimum absolute atomic E-state index is 0.0516. The summed E-state index contributed by atoms with van der Waals surface area (Å²) in [6, 6.07) is 11.2. The predicted molar refractivity (Wildman–Crippen MR) is 113 cm³/mol. The maximum Gasteiger partial charge on any atom is 0.267 e. The van der Waals surface area contributed by atoms with E-state index >= 15 is 0 Å². The lowest BCUT2D eigenvalue weighted by Gasteiger charge is -2.36. The zero-order valence-electron chi connectivity index (χ0n) is 17.3. The first kappa shape index (κ1) is 20.3. The molecule has 4 rings (SSSR count). The fraction of sp³-hybridized carbons (Fsp3) is 0.455. The third-order valence-electron chi connectivity index (χ3n) is 5.78. The molecule has 2 amide bonds. The minimum atomic E-state index is -0.278. The normalized spacial score (nSPS) is 17.0. The number of nitrogens with zero attached hydrogens (tertiary/aromatic N) is 5. The summed E-state index contributed by atoms with van der Waals surface area (Å²) >= 11 is 0. The Kier molecular flexibility index (Phi) is 5.94. The van der Waals surface area contributed by atoms with Crippen LogP contribution >= 0.6 is 0 Å². The van der Waals surface area contributed by atoms with E-state index in [2.05, 4.69) is 16.1 Å². The van der Waals surface area contributed by atoms with Gasteiger partial charge in [-0.25, -0.2) is 4.68 Å². The number of carbonyl (C=O) groups excluding carboxylic acids is 2. The summed E-state index contributed by atoms with van der Waals surface area (Å²) in [6.07, 6.45) is 2.00. The molecular formula is C22H27N5O3. The van der Waals surface area contributed by atoms with Crippen molar-refractivity contribution in [3.8, 4) is 0 Å². The Bertz CT molecular complexity index is 994. The maximum atomic E-state index is 12.9. The van der Waals surface area contributed by atoms with Crippen molar-refractivity contribution in [1.29, 1.82) is 0 Å². The van der Waals surface area contributed by atoms with Crippen molar-refractivity contribution >= 4 is 17.5 Å². The van der Waals surface area contributed by atoms with Crippen LogP contribution in [-0.4, -0.2) is 70.7 Å². The van der Waals surface area contributed by atoms with E-state index in [0.717, 1.165) is 25.1 Å². The first-order chi connectivity index (χ1) is 14.5. The molecule has 0 bridgehead atoms. The van der Waals surface area contributed by atoms with Crippen LogP contribution < -0.4 is 10.5 Å². The number of hydrogen-bond donors (Lipinski definition) is 0. The second kappa shape index (κ2) is 8.79. The van der Waals surface area contributed by atoms with E-state index in [1.165, 1.54) is 16.3 Å². The van der Waals surface area contributed by atoms with E-state index in [0.29, 0.717) is 38.4 Å². The fourth-order valence-electron chi connectivity index (χ4n) is 4.12. The van der Waals surface area contributed by atoms with Crippen molar-refractivity contribution < 1.29 is 9.59 Å². The van der Waals surface area contributed by atoms with E-state index in [1.807, 2.05) is 23.1 Å². The van der Waals surface area contributed by atoms with Gasteiger partial charge in [0, 0.05) is 44.5 Å². The predicted octanol–water partition coefficient (Wildman–Crippen LogP) is 0.675. The number of benzene rings is 1. The molecule has 8 nitrogen and oxygen atoms in total. The average Bonchev–Trinajstić information content (AvgIpc) is 2.76. The minimum Gasteiger partial charge on any atom is -0.339 e. The highest BCUT2D eigenvalue weighted by molar-refractivity contribution is 5.96. The van der Waals surface area contributed by atoms with E-state index in [1.54, 1.807) is 17.9 Å². The number of aryl methyl sites for hydroxylation is 2. The van der Waals surface area contributed by atoms with Crippen molar-refractivity contribution in [2.75, 3.05) is 44.2 Å². The standard InChI is InChI=1S/C22H27N5O3/c1-17-8-9-20(28)27(23-17)16-21(29)25-13-11-24(12-14-25)15-22(30)26-10-4-6-18-5-2-3-7-19(18)26/h2-3,5,7-9H,4,6,10-16H2,1H3. The first-order valence-corrected chi connectivity index (χ1v) is 10.4. The Labute approximate surface area is 175 Å². The van der Waals surface area contributed by atoms with Crippen molar-refractivity contribution in [2.24, 2.45) is 0 Å². The number of piperazine rings is 1. The molecule has 3 heterocycles. The fourth-order valence-corrected chi connectivity index (χ4v) is 4.12. The van der Waals surface area contributed by atoms with Crippen LogP contribution in [-0.2, 0) is 22.6 Å². The van der Waals surface area contributed by atoms with Gasteiger partial charge in [0.25, 0.3) is 5.56 Å². The molecule has 2 aliphatic heterocycles. The largest absolute Gasteiger partial charge is 0.339 e. The van der Waals surface area contributed by atoms with Crippen LogP contribution in [0, 0.1) is 6.92 Å². The first-order valence-electron chi connectivity index (χ1n) is 10.4. The Balaban J connectivity index is 1.31. The summed E-state index contributed by atoms with van der Waals surface area (Å²) < 4.78 is 1.21. The lowest BCUT2D eigenvalue weighted by Crippen LogP contribution is -2.53. The molecule has 0 atom stereocenters. The highest BCUT2D eigenvalue weighted by Crippen LogP contribution is 2.26. The molecular weight excluding hydrogens is 382 g/mol. The van der Waals surface area contributed by atoms with Crippen LogP contribution in [0.5, 0.6) is 0 Å². The number of aromatic nitrogens is 2. The molecule has 158 valence electrons. The summed E-state index contributed by atoms with van der Waals surface area (Å²) in [5.41, 5.74) is 2.68. The molecule has 0 radical (unpaired) electrons. The van der Waals surface area contributed by atoms with Gasteiger partial charge in [0.15, 0.2) is 0 Å². The highest BCUT2D eigenvalue weighted by atomic mass is 16.2. The van der Waals surface area contributed by atoms with Crippen molar-refractivity contribution in [3.05, 3.63) is 58.0 Å². The Morgan fingerprint density at radius 1 is 0.933 bits per heavy atom. The van der Waals surface area contributed by atoms with Gasteiger partial charge in [-0.05, 0) is 37.5 Å². The maximum absolute atomic E-state index is 12.9. The van der Waals surface area contributed by atoms with Crippen LogP contribution in [0.3, 0.4) is 0 Å². The monoisotopic (exact) mass is 409 g/mol. The molecule has 2 aliphatic rings. The van der Waals surface area contributed by atoms with Crippen LogP contribution in [0.1, 0.15) is 17.7 Å². The number of fused-ring (bicyclic) bond motifs is 1. The van der Waals surface area contributed by atoms with Gasteiger partial charge in [-0.2, -0.15) is 5.10 Å².